The molecule has 0 spiro atoms. The van der Waals surface area contributed by atoms with Crippen LogP contribution >= 0.6 is 11.3 Å². The predicted molar refractivity (Wildman–Crippen MR) is 139 cm³/mol. The first-order chi connectivity index (χ1) is 17.0. The van der Waals surface area contributed by atoms with E-state index >= 15 is 0 Å². The lowest BCUT2D eigenvalue weighted by molar-refractivity contribution is 0.0601. The van der Waals surface area contributed by atoms with Crippen LogP contribution in [0.3, 0.4) is 0 Å². The Labute approximate surface area is 207 Å². The number of hydrogen-bond donors (Lipinski definition) is 1. The molecule has 0 amide bonds. The molecule has 0 saturated carbocycles. The molecule has 5 rings (SSSR count). The lowest BCUT2D eigenvalue weighted by atomic mass is 10.1. The minimum atomic E-state index is -0.386. The van der Waals surface area contributed by atoms with E-state index in [9.17, 15) is 9.18 Å². The molecule has 2 aromatic heterocycles. The van der Waals surface area contributed by atoms with Gasteiger partial charge in [0.05, 0.1) is 29.4 Å². The van der Waals surface area contributed by atoms with E-state index in [2.05, 4.69) is 15.1 Å². The Morgan fingerprint density at radius 1 is 0.971 bits per heavy atom. The van der Waals surface area contributed by atoms with Crippen molar-refractivity contribution in [3.63, 3.8) is 0 Å². The molecule has 3 heterocycles. The molecule has 0 unspecified atom stereocenters. The number of nitrogens with one attached hydrogen (secondary N) is 1. The van der Waals surface area contributed by atoms with Crippen LogP contribution in [0.2, 0.25) is 0 Å². The quantitative estimate of drug-likeness (QED) is 0.380. The molecular weight excluding hydrogens is 465 g/mol. The van der Waals surface area contributed by atoms with Gasteiger partial charge in [0.25, 0.3) is 0 Å². The van der Waals surface area contributed by atoms with Crippen molar-refractivity contribution in [2.45, 2.75) is 13.8 Å². The van der Waals surface area contributed by atoms with Crippen molar-refractivity contribution < 1.29 is 13.9 Å². The maximum Gasteiger partial charge on any atom is 0.341 e. The molecule has 1 aliphatic heterocycles. The maximum absolute atomic E-state index is 14.3. The van der Waals surface area contributed by atoms with Crippen molar-refractivity contribution in [3.05, 3.63) is 70.4 Å². The first-order valence-electron chi connectivity index (χ1n) is 11.4. The van der Waals surface area contributed by atoms with Gasteiger partial charge in [-0.15, -0.1) is 11.3 Å². The Hall–Kier alpha value is -3.72. The van der Waals surface area contributed by atoms with Crippen molar-refractivity contribution in [2.24, 2.45) is 0 Å². The molecule has 1 fully saturated rings. The largest absolute Gasteiger partial charge is 0.465 e. The summed E-state index contributed by atoms with van der Waals surface area (Å²) in [5.74, 6) is 0.682. The van der Waals surface area contributed by atoms with Crippen LogP contribution < -0.4 is 15.1 Å². The van der Waals surface area contributed by atoms with Gasteiger partial charge in [0.2, 0.25) is 0 Å². The van der Waals surface area contributed by atoms with E-state index in [0.717, 1.165) is 21.5 Å². The molecule has 9 heteroatoms. The van der Waals surface area contributed by atoms with E-state index < -0.39 is 0 Å². The second-order valence-corrected chi connectivity index (χ2v) is 9.64. The summed E-state index contributed by atoms with van der Waals surface area (Å²) in [5.41, 5.74) is 3.56. The van der Waals surface area contributed by atoms with Gasteiger partial charge in [0.15, 0.2) is 11.6 Å². The Morgan fingerprint density at radius 2 is 1.60 bits per heavy atom. The highest BCUT2D eigenvalue weighted by Crippen LogP contribution is 2.37. The number of methoxy groups -OCH3 is 1. The maximum atomic E-state index is 14.3. The number of fused-ring (bicyclic) bond motifs is 1. The number of esters is 1. The lowest BCUT2D eigenvalue weighted by Gasteiger charge is -2.37. The molecule has 180 valence electrons. The normalized spacial score (nSPS) is 13.8. The number of thiophene rings is 1. The summed E-state index contributed by atoms with van der Waals surface area (Å²) in [5, 5.41) is 4.07. The molecular formula is C26H26FN5O2S. The standard InChI is InChI=1S/C26H26FN5O2S/c1-16-17(2)35-25(22(16)26(33)34-3)30-23-24(29-20-10-6-5-9-19(20)28-23)32-14-12-31(13-15-32)21-11-7-4-8-18(21)27/h4-11H,12-15H2,1-3H3,(H,28,30). The van der Waals surface area contributed by atoms with Crippen LogP contribution in [0.15, 0.2) is 48.5 Å². The van der Waals surface area contributed by atoms with Gasteiger partial charge >= 0.3 is 5.97 Å². The highest BCUT2D eigenvalue weighted by Gasteiger charge is 2.26. The van der Waals surface area contributed by atoms with Gasteiger partial charge in [0, 0.05) is 31.1 Å². The molecule has 4 aromatic rings. The fourth-order valence-corrected chi connectivity index (χ4v) is 5.38. The smallest absolute Gasteiger partial charge is 0.341 e. The summed E-state index contributed by atoms with van der Waals surface area (Å²) < 4.78 is 19.4. The van der Waals surface area contributed by atoms with Gasteiger partial charge in [-0.3, -0.25) is 0 Å². The number of rotatable bonds is 5. The predicted octanol–water partition coefficient (Wildman–Crippen LogP) is 5.30. The van der Waals surface area contributed by atoms with E-state index in [0.29, 0.717) is 54.1 Å². The van der Waals surface area contributed by atoms with Crippen LogP contribution in [0.4, 0.5) is 26.7 Å². The number of carbonyl (C=O) groups is 1. The van der Waals surface area contributed by atoms with Gasteiger partial charge < -0.3 is 19.9 Å². The average Bonchev–Trinajstić information content (AvgIpc) is 3.16. The number of ether oxygens (including phenoxy) is 1. The molecule has 7 nitrogen and oxygen atoms in total. The fraction of sp³-hybridized carbons (Fsp3) is 0.269. The third-order valence-corrected chi connectivity index (χ3v) is 7.45. The zero-order valence-electron chi connectivity index (χ0n) is 19.8. The number of carbonyl (C=O) groups excluding carboxylic acids is 1. The summed E-state index contributed by atoms with van der Waals surface area (Å²) in [4.78, 5) is 27.6. The molecule has 0 atom stereocenters. The van der Waals surface area contributed by atoms with Crippen LogP contribution in [0, 0.1) is 19.7 Å². The van der Waals surface area contributed by atoms with Gasteiger partial charge in [0.1, 0.15) is 10.8 Å². The van der Waals surface area contributed by atoms with Crippen molar-refractivity contribution in [2.75, 3.05) is 48.4 Å². The Kier molecular flexibility index (Phi) is 6.25. The highest BCUT2D eigenvalue weighted by molar-refractivity contribution is 7.16. The first kappa shape index (κ1) is 23.0. The number of aromatic nitrogens is 2. The second kappa shape index (κ2) is 9.50. The molecule has 35 heavy (non-hydrogen) atoms. The molecule has 1 N–H and O–H groups in total. The van der Waals surface area contributed by atoms with Crippen LogP contribution in [-0.2, 0) is 4.74 Å². The topological polar surface area (TPSA) is 70.6 Å². The van der Waals surface area contributed by atoms with E-state index in [-0.39, 0.29) is 11.8 Å². The third-order valence-electron chi connectivity index (χ3n) is 6.33. The molecule has 1 saturated heterocycles. The highest BCUT2D eigenvalue weighted by atomic mass is 32.1. The number of anilines is 4. The first-order valence-corrected chi connectivity index (χ1v) is 12.2. The number of hydrogen-bond acceptors (Lipinski definition) is 8. The number of para-hydroxylation sites is 3. The Balaban J connectivity index is 1.49. The zero-order chi connectivity index (χ0) is 24.5. The molecule has 0 bridgehead atoms. The average molecular weight is 492 g/mol. The van der Waals surface area contributed by atoms with Gasteiger partial charge in [-0.1, -0.05) is 24.3 Å². The van der Waals surface area contributed by atoms with Crippen molar-refractivity contribution in [3.8, 4) is 0 Å². The van der Waals surface area contributed by atoms with E-state index in [1.165, 1.54) is 24.5 Å². The molecule has 1 aliphatic rings. The van der Waals surface area contributed by atoms with Gasteiger partial charge in [-0.25, -0.2) is 19.2 Å². The van der Waals surface area contributed by atoms with E-state index in [1.807, 2.05) is 50.2 Å². The van der Waals surface area contributed by atoms with Crippen LogP contribution in [0.5, 0.6) is 0 Å². The van der Waals surface area contributed by atoms with Crippen LogP contribution in [-0.4, -0.2) is 49.2 Å². The fourth-order valence-electron chi connectivity index (χ4n) is 4.33. The number of halogens is 1. The summed E-state index contributed by atoms with van der Waals surface area (Å²) in [6.07, 6.45) is 0. The summed E-state index contributed by atoms with van der Waals surface area (Å²) >= 11 is 1.49. The Bertz CT molecular complexity index is 1400. The Morgan fingerprint density at radius 3 is 2.29 bits per heavy atom. The molecule has 0 radical (unpaired) electrons. The number of nitrogens with zero attached hydrogens (tertiary/aromatic N) is 4. The molecule has 2 aromatic carbocycles. The minimum Gasteiger partial charge on any atom is -0.465 e. The number of benzene rings is 2. The second-order valence-electron chi connectivity index (χ2n) is 8.41. The third kappa shape index (κ3) is 4.39. The number of aryl methyl sites for hydroxylation is 1. The van der Waals surface area contributed by atoms with Crippen LogP contribution in [0.25, 0.3) is 11.0 Å². The van der Waals surface area contributed by atoms with Crippen molar-refractivity contribution in [1.82, 2.24) is 9.97 Å². The zero-order valence-corrected chi connectivity index (χ0v) is 20.7. The summed E-state index contributed by atoms with van der Waals surface area (Å²) in [6.45, 7) is 6.51. The van der Waals surface area contributed by atoms with Gasteiger partial charge in [-0.05, 0) is 43.7 Å². The van der Waals surface area contributed by atoms with Crippen molar-refractivity contribution >= 4 is 50.7 Å². The van der Waals surface area contributed by atoms with Crippen molar-refractivity contribution in [1.29, 1.82) is 0 Å². The number of piperazine rings is 1. The van der Waals surface area contributed by atoms with E-state index in [1.54, 1.807) is 6.07 Å². The summed E-state index contributed by atoms with van der Waals surface area (Å²) in [7, 11) is 1.38. The SMILES string of the molecule is COC(=O)c1c(Nc2nc3ccccc3nc2N2CCN(c3ccccc3F)CC2)sc(C)c1C. The van der Waals surface area contributed by atoms with E-state index in [4.69, 9.17) is 14.7 Å². The summed E-state index contributed by atoms with van der Waals surface area (Å²) in [6, 6.07) is 14.6. The minimum absolute atomic E-state index is 0.215. The molecule has 0 aliphatic carbocycles. The van der Waals surface area contributed by atoms with Gasteiger partial charge in [-0.2, -0.15) is 0 Å². The lowest BCUT2D eigenvalue weighted by Crippen LogP contribution is -2.47. The van der Waals surface area contributed by atoms with Crippen LogP contribution in [0.1, 0.15) is 20.8 Å². The monoisotopic (exact) mass is 491 g/mol.